The highest BCUT2D eigenvalue weighted by Gasteiger charge is 2.44. The number of hydrogen-bond acceptors (Lipinski definition) is 7. The van der Waals surface area contributed by atoms with E-state index in [9.17, 15) is 14.4 Å². The maximum atomic E-state index is 12.6. The first kappa shape index (κ1) is 21.0. The SMILES string of the molecule is CCOC(=O)C1(C)CC(c2cc(-n3c(=O)n(C)c(=S)n(C)c3=O)ccc2Cl)=NO1. The Morgan fingerprint density at radius 3 is 2.52 bits per heavy atom. The van der Waals surface area contributed by atoms with Crippen LogP contribution in [-0.4, -0.2) is 37.6 Å². The molecule has 154 valence electrons. The van der Waals surface area contributed by atoms with Crippen molar-refractivity contribution in [3.05, 3.63) is 54.5 Å². The molecular weight excluding hydrogens is 420 g/mol. The lowest BCUT2D eigenvalue weighted by atomic mass is 9.95. The van der Waals surface area contributed by atoms with Crippen molar-refractivity contribution in [1.29, 1.82) is 0 Å². The van der Waals surface area contributed by atoms with Gasteiger partial charge in [0.2, 0.25) is 5.60 Å². The fraction of sp³-hybridized carbons (Fsp3) is 0.389. The number of nitrogens with zero attached hydrogens (tertiary/aromatic N) is 4. The van der Waals surface area contributed by atoms with E-state index in [0.717, 1.165) is 4.57 Å². The van der Waals surface area contributed by atoms with E-state index in [1.807, 2.05) is 0 Å². The summed E-state index contributed by atoms with van der Waals surface area (Å²) in [5.41, 5.74) is -1.32. The number of carbonyl (C=O) groups is 1. The molecular formula is C18H19ClN4O5S. The fourth-order valence-corrected chi connectivity index (χ4v) is 3.33. The molecule has 0 amide bonds. The molecule has 0 spiro atoms. The highest BCUT2D eigenvalue weighted by atomic mass is 35.5. The van der Waals surface area contributed by atoms with Crippen molar-refractivity contribution in [3.63, 3.8) is 0 Å². The fourth-order valence-electron chi connectivity index (χ4n) is 2.94. The van der Waals surface area contributed by atoms with Gasteiger partial charge in [-0.15, -0.1) is 0 Å². The lowest BCUT2D eigenvalue weighted by Crippen LogP contribution is -2.43. The van der Waals surface area contributed by atoms with Gasteiger partial charge >= 0.3 is 17.3 Å². The van der Waals surface area contributed by atoms with Gasteiger partial charge in [0.25, 0.3) is 0 Å². The van der Waals surface area contributed by atoms with E-state index in [1.165, 1.54) is 23.2 Å². The van der Waals surface area contributed by atoms with Crippen LogP contribution >= 0.6 is 23.8 Å². The highest BCUT2D eigenvalue weighted by Crippen LogP contribution is 2.31. The first-order chi connectivity index (χ1) is 13.6. The van der Waals surface area contributed by atoms with Crippen LogP contribution in [0.5, 0.6) is 0 Å². The van der Waals surface area contributed by atoms with Gasteiger partial charge in [-0.25, -0.2) is 19.0 Å². The maximum Gasteiger partial charge on any atom is 0.353 e. The van der Waals surface area contributed by atoms with Crippen LogP contribution in [-0.2, 0) is 28.5 Å². The van der Waals surface area contributed by atoms with E-state index in [4.69, 9.17) is 33.4 Å². The van der Waals surface area contributed by atoms with Crippen LogP contribution in [0.15, 0.2) is 32.9 Å². The van der Waals surface area contributed by atoms with Gasteiger partial charge in [0.15, 0.2) is 4.77 Å². The summed E-state index contributed by atoms with van der Waals surface area (Å²) in [7, 11) is 2.97. The second-order valence-electron chi connectivity index (χ2n) is 6.72. The van der Waals surface area contributed by atoms with Crippen molar-refractivity contribution < 1.29 is 14.4 Å². The van der Waals surface area contributed by atoms with Gasteiger partial charge < -0.3 is 9.57 Å². The minimum Gasteiger partial charge on any atom is -0.463 e. The molecule has 11 heteroatoms. The quantitative estimate of drug-likeness (QED) is 0.532. The second kappa shape index (κ2) is 7.60. The minimum atomic E-state index is -1.27. The van der Waals surface area contributed by atoms with Gasteiger partial charge in [-0.3, -0.25) is 9.13 Å². The molecule has 0 radical (unpaired) electrons. The number of hydrogen-bond donors (Lipinski definition) is 0. The molecule has 0 aliphatic carbocycles. The molecule has 1 aromatic heterocycles. The van der Waals surface area contributed by atoms with Gasteiger partial charge in [0, 0.05) is 31.1 Å². The molecule has 1 aromatic carbocycles. The predicted molar refractivity (Wildman–Crippen MR) is 109 cm³/mol. The van der Waals surface area contributed by atoms with Crippen LogP contribution in [0.2, 0.25) is 5.02 Å². The van der Waals surface area contributed by atoms with Crippen LogP contribution in [0.3, 0.4) is 0 Å². The number of benzene rings is 1. The van der Waals surface area contributed by atoms with Crippen LogP contribution in [0.1, 0.15) is 25.8 Å². The minimum absolute atomic E-state index is 0.101. The molecule has 0 fully saturated rings. The molecule has 2 heterocycles. The van der Waals surface area contributed by atoms with E-state index >= 15 is 0 Å². The molecule has 0 saturated heterocycles. The third-order valence-electron chi connectivity index (χ3n) is 4.62. The molecule has 0 saturated carbocycles. The molecule has 1 unspecified atom stereocenters. The van der Waals surface area contributed by atoms with Crippen LogP contribution in [0.25, 0.3) is 5.69 Å². The number of oxime groups is 1. The Morgan fingerprint density at radius 1 is 1.31 bits per heavy atom. The molecule has 0 N–H and O–H groups in total. The average molecular weight is 439 g/mol. The number of esters is 1. The predicted octanol–water partition coefficient (Wildman–Crippen LogP) is 1.70. The van der Waals surface area contributed by atoms with E-state index in [0.29, 0.717) is 16.3 Å². The zero-order chi connectivity index (χ0) is 21.5. The van der Waals surface area contributed by atoms with Gasteiger partial charge in [0.1, 0.15) is 0 Å². The first-order valence-electron chi connectivity index (χ1n) is 8.72. The summed E-state index contributed by atoms with van der Waals surface area (Å²) in [5, 5.41) is 4.32. The Kier molecular flexibility index (Phi) is 5.50. The zero-order valence-electron chi connectivity index (χ0n) is 16.3. The third kappa shape index (κ3) is 3.53. The van der Waals surface area contributed by atoms with Crippen molar-refractivity contribution >= 4 is 35.5 Å². The monoisotopic (exact) mass is 438 g/mol. The maximum absolute atomic E-state index is 12.6. The topological polar surface area (TPSA) is 96.8 Å². The summed E-state index contributed by atoms with van der Waals surface area (Å²) in [5.74, 6) is -0.538. The van der Waals surface area contributed by atoms with E-state index in [1.54, 1.807) is 32.0 Å². The van der Waals surface area contributed by atoms with Crippen molar-refractivity contribution in [2.24, 2.45) is 19.3 Å². The molecule has 1 aliphatic rings. The van der Waals surface area contributed by atoms with Gasteiger partial charge in [-0.05, 0) is 44.3 Å². The molecule has 3 rings (SSSR count). The number of aromatic nitrogens is 3. The summed E-state index contributed by atoms with van der Waals surface area (Å²) in [6.45, 7) is 3.48. The Bertz CT molecular complexity index is 1170. The summed E-state index contributed by atoms with van der Waals surface area (Å²) in [4.78, 5) is 42.8. The van der Waals surface area contributed by atoms with E-state index < -0.39 is 22.9 Å². The first-order valence-corrected chi connectivity index (χ1v) is 9.51. The third-order valence-corrected chi connectivity index (χ3v) is 5.50. The van der Waals surface area contributed by atoms with E-state index in [-0.39, 0.29) is 23.5 Å². The number of ether oxygens (including phenoxy) is 1. The number of carbonyl (C=O) groups excluding carboxylic acids is 1. The second-order valence-corrected chi connectivity index (χ2v) is 7.50. The number of halogens is 1. The molecule has 1 aliphatic heterocycles. The average Bonchev–Trinajstić information content (AvgIpc) is 3.10. The Morgan fingerprint density at radius 2 is 1.93 bits per heavy atom. The Labute approximate surface area is 175 Å². The summed E-state index contributed by atoms with van der Waals surface area (Å²) in [6.07, 6.45) is 0.126. The lowest BCUT2D eigenvalue weighted by Gasteiger charge is -2.18. The highest BCUT2D eigenvalue weighted by molar-refractivity contribution is 7.71. The van der Waals surface area contributed by atoms with Gasteiger partial charge in [-0.1, -0.05) is 16.8 Å². The van der Waals surface area contributed by atoms with Crippen molar-refractivity contribution in [2.75, 3.05) is 6.61 Å². The molecule has 2 aromatic rings. The molecule has 9 nitrogen and oxygen atoms in total. The summed E-state index contributed by atoms with van der Waals surface area (Å²) < 4.78 is 8.50. The Hall–Kier alpha value is -2.72. The van der Waals surface area contributed by atoms with Crippen LogP contribution in [0, 0.1) is 4.77 Å². The Balaban J connectivity index is 2.09. The largest absolute Gasteiger partial charge is 0.463 e. The van der Waals surface area contributed by atoms with Crippen molar-refractivity contribution in [2.45, 2.75) is 25.9 Å². The normalized spacial score (nSPS) is 18.3. The summed E-state index contributed by atoms with van der Waals surface area (Å²) >= 11 is 11.4. The smallest absolute Gasteiger partial charge is 0.353 e. The molecule has 0 bridgehead atoms. The van der Waals surface area contributed by atoms with E-state index in [2.05, 4.69) is 5.16 Å². The molecule has 29 heavy (non-hydrogen) atoms. The van der Waals surface area contributed by atoms with Crippen LogP contribution < -0.4 is 11.4 Å². The van der Waals surface area contributed by atoms with Gasteiger partial charge in [-0.2, -0.15) is 0 Å². The lowest BCUT2D eigenvalue weighted by molar-refractivity contribution is -0.166. The number of rotatable bonds is 4. The zero-order valence-corrected chi connectivity index (χ0v) is 17.8. The van der Waals surface area contributed by atoms with Gasteiger partial charge in [0.05, 0.1) is 18.0 Å². The van der Waals surface area contributed by atoms with Crippen molar-refractivity contribution in [3.8, 4) is 5.69 Å². The van der Waals surface area contributed by atoms with Crippen molar-refractivity contribution in [1.82, 2.24) is 13.7 Å². The summed E-state index contributed by atoms with van der Waals surface area (Å²) in [6, 6.07) is 4.63. The molecule has 1 atom stereocenters. The van der Waals surface area contributed by atoms with Crippen LogP contribution in [0.4, 0.5) is 0 Å². The standard InChI is InChI=1S/C18H19ClN4O5S/c1-5-27-14(24)18(2)9-13(20-28-18)11-8-10(6-7-12(11)19)23-15(25)21(3)17(29)22(4)16(23)26/h6-8H,5,9H2,1-4H3.